The molecule has 6 heterocycles. The second-order valence-corrected chi connectivity index (χ2v) is 10.1. The summed E-state index contributed by atoms with van der Waals surface area (Å²) in [5.74, 6) is 0.598. The average molecular weight is 509 g/mol. The summed E-state index contributed by atoms with van der Waals surface area (Å²) in [4.78, 5) is 36.5. The molecule has 0 radical (unpaired) electrons. The molecule has 0 saturated carbocycles. The number of aromatic nitrogens is 7. The Labute approximate surface area is 216 Å². The minimum atomic E-state index is -0.0159. The molecule has 0 unspecified atom stereocenters. The number of aryl methyl sites for hydroxylation is 1. The van der Waals surface area contributed by atoms with Gasteiger partial charge >= 0.3 is 0 Å². The highest BCUT2D eigenvalue weighted by Gasteiger charge is 2.18. The number of amides is 1. The first-order chi connectivity index (χ1) is 18.1. The lowest BCUT2D eigenvalue weighted by molar-refractivity contribution is -0.116. The van der Waals surface area contributed by atoms with Crippen molar-refractivity contribution in [3.63, 3.8) is 0 Å². The number of aromatic amines is 2. The number of pyridine rings is 3. The fourth-order valence-corrected chi connectivity index (χ4v) is 5.09. The zero-order valence-electron chi connectivity index (χ0n) is 20.4. The molecule has 0 saturated heterocycles. The van der Waals surface area contributed by atoms with Crippen LogP contribution in [-0.4, -0.2) is 41.0 Å². The summed E-state index contributed by atoms with van der Waals surface area (Å²) in [7, 11) is 0. The van der Waals surface area contributed by atoms with Gasteiger partial charge in [-0.1, -0.05) is 13.3 Å². The number of nitrogens with one attached hydrogen (secondary N) is 3. The minimum Gasteiger partial charge on any atom is -0.336 e. The maximum atomic E-state index is 12.2. The van der Waals surface area contributed by atoms with Gasteiger partial charge in [0.15, 0.2) is 11.5 Å². The van der Waals surface area contributed by atoms with E-state index in [2.05, 4.69) is 56.4 Å². The first-order valence-corrected chi connectivity index (χ1v) is 12.9. The molecule has 0 spiro atoms. The predicted molar refractivity (Wildman–Crippen MR) is 146 cm³/mol. The van der Waals surface area contributed by atoms with Crippen LogP contribution in [0.15, 0.2) is 55.0 Å². The number of anilines is 1. The summed E-state index contributed by atoms with van der Waals surface area (Å²) in [5.41, 5.74) is 6.80. The third kappa shape index (κ3) is 4.47. The Morgan fingerprint density at radius 2 is 1.92 bits per heavy atom. The van der Waals surface area contributed by atoms with Gasteiger partial charge in [0.25, 0.3) is 0 Å². The molecule has 1 amide bonds. The number of H-pyrrole nitrogens is 2. The van der Waals surface area contributed by atoms with Crippen molar-refractivity contribution in [2.24, 2.45) is 0 Å². The molecule has 6 aromatic rings. The zero-order valence-corrected chi connectivity index (χ0v) is 21.2. The Kier molecular flexibility index (Phi) is 5.93. The standard InChI is InChI=1S/C27H24N8OS/c1-3-4-5-22(36)30-17-12-16(13-28-14-17)18-7-8-20-24(31-18)26(35-34-20)27-32-19-10-11-29-25(23(19)33-27)21-9-6-15(2)37-21/h6-14H,3-5H2,1-2H3,(H,30,36)(H,32,33)(H,34,35). The third-order valence-corrected chi connectivity index (χ3v) is 7.09. The average Bonchev–Trinajstić information content (AvgIpc) is 3.64. The molecule has 0 aliphatic carbocycles. The first kappa shape index (κ1) is 23.0. The Bertz CT molecular complexity index is 1750. The zero-order chi connectivity index (χ0) is 25.4. The molecule has 0 aliphatic heterocycles. The summed E-state index contributed by atoms with van der Waals surface area (Å²) in [6.07, 6.45) is 7.48. The van der Waals surface area contributed by atoms with Gasteiger partial charge < -0.3 is 10.3 Å². The number of thiophene rings is 1. The van der Waals surface area contributed by atoms with E-state index in [0.29, 0.717) is 29.1 Å². The number of fused-ring (bicyclic) bond motifs is 2. The predicted octanol–water partition coefficient (Wildman–Crippen LogP) is 6.12. The van der Waals surface area contributed by atoms with E-state index in [1.54, 1.807) is 29.9 Å². The summed E-state index contributed by atoms with van der Waals surface area (Å²) in [6.45, 7) is 4.14. The lowest BCUT2D eigenvalue weighted by Crippen LogP contribution is -2.11. The van der Waals surface area contributed by atoms with Crippen molar-refractivity contribution in [1.29, 1.82) is 0 Å². The van der Waals surface area contributed by atoms with E-state index in [1.165, 1.54) is 4.88 Å². The van der Waals surface area contributed by atoms with Crippen molar-refractivity contribution in [3.8, 4) is 33.3 Å². The highest BCUT2D eigenvalue weighted by molar-refractivity contribution is 7.15. The molecule has 0 atom stereocenters. The van der Waals surface area contributed by atoms with Crippen LogP contribution in [0.5, 0.6) is 0 Å². The molecule has 9 nitrogen and oxygen atoms in total. The number of imidazole rings is 1. The van der Waals surface area contributed by atoms with Gasteiger partial charge in [-0.15, -0.1) is 11.3 Å². The second kappa shape index (κ2) is 9.55. The molecule has 0 aliphatic rings. The topological polar surface area (TPSA) is 125 Å². The number of hydrogen-bond acceptors (Lipinski definition) is 7. The van der Waals surface area contributed by atoms with E-state index < -0.39 is 0 Å². The largest absolute Gasteiger partial charge is 0.336 e. The number of unbranched alkanes of at least 4 members (excludes halogenated alkanes) is 1. The molecular weight excluding hydrogens is 484 g/mol. The monoisotopic (exact) mass is 508 g/mol. The normalized spacial score (nSPS) is 11.4. The van der Waals surface area contributed by atoms with Crippen LogP contribution in [-0.2, 0) is 4.79 Å². The van der Waals surface area contributed by atoms with E-state index in [9.17, 15) is 4.79 Å². The van der Waals surface area contributed by atoms with Crippen molar-refractivity contribution in [3.05, 3.63) is 59.9 Å². The van der Waals surface area contributed by atoms with Gasteiger partial charge in [0.1, 0.15) is 16.7 Å². The van der Waals surface area contributed by atoms with Crippen molar-refractivity contribution in [1.82, 2.24) is 35.1 Å². The number of carbonyl (C=O) groups excluding carboxylic acids is 1. The van der Waals surface area contributed by atoms with Crippen molar-refractivity contribution < 1.29 is 4.79 Å². The van der Waals surface area contributed by atoms with Crippen LogP contribution in [0.1, 0.15) is 31.1 Å². The van der Waals surface area contributed by atoms with Crippen LogP contribution < -0.4 is 5.32 Å². The summed E-state index contributed by atoms with van der Waals surface area (Å²) >= 11 is 1.69. The Morgan fingerprint density at radius 3 is 2.76 bits per heavy atom. The maximum absolute atomic E-state index is 12.2. The van der Waals surface area contributed by atoms with Gasteiger partial charge in [-0.2, -0.15) is 5.10 Å². The molecule has 6 aromatic heterocycles. The van der Waals surface area contributed by atoms with Crippen LogP contribution in [0.3, 0.4) is 0 Å². The SMILES string of the molecule is CCCCC(=O)Nc1cncc(-c2ccc3[nH]nc(-c4nc5c(-c6ccc(C)s6)nccc5[nH]4)c3n2)c1. The third-order valence-electron chi connectivity index (χ3n) is 6.08. The number of rotatable bonds is 7. The van der Waals surface area contributed by atoms with Gasteiger partial charge in [-0.05, 0) is 49.7 Å². The van der Waals surface area contributed by atoms with E-state index in [-0.39, 0.29) is 5.91 Å². The molecule has 0 fully saturated rings. The number of hydrogen-bond donors (Lipinski definition) is 3. The summed E-state index contributed by atoms with van der Waals surface area (Å²) in [5, 5.41) is 10.5. The fraction of sp³-hybridized carbons (Fsp3) is 0.185. The lowest BCUT2D eigenvalue weighted by atomic mass is 10.1. The molecule has 6 rings (SSSR count). The van der Waals surface area contributed by atoms with Crippen LogP contribution in [0, 0.1) is 6.92 Å². The quantitative estimate of drug-likeness (QED) is 0.238. The van der Waals surface area contributed by atoms with Crippen LogP contribution in [0.4, 0.5) is 5.69 Å². The molecule has 10 heteroatoms. The van der Waals surface area contributed by atoms with Crippen molar-refractivity contribution >= 4 is 45.0 Å². The Hall–Kier alpha value is -4.44. The first-order valence-electron chi connectivity index (χ1n) is 12.1. The molecule has 184 valence electrons. The van der Waals surface area contributed by atoms with Crippen LogP contribution in [0.25, 0.3) is 55.4 Å². The Morgan fingerprint density at radius 1 is 1.03 bits per heavy atom. The Balaban J connectivity index is 1.37. The number of carbonyl (C=O) groups is 1. The molecule has 37 heavy (non-hydrogen) atoms. The van der Waals surface area contributed by atoms with E-state index in [1.807, 2.05) is 24.3 Å². The molecule has 3 N–H and O–H groups in total. The minimum absolute atomic E-state index is 0.0159. The number of nitrogens with zero attached hydrogens (tertiary/aromatic N) is 5. The molecule has 0 bridgehead atoms. The van der Waals surface area contributed by atoms with Crippen molar-refractivity contribution in [2.75, 3.05) is 5.32 Å². The molecule has 0 aromatic carbocycles. The molecular formula is C27H24N8OS. The fourth-order valence-electron chi connectivity index (χ4n) is 4.22. The summed E-state index contributed by atoms with van der Waals surface area (Å²) < 4.78 is 0. The van der Waals surface area contributed by atoms with E-state index >= 15 is 0 Å². The van der Waals surface area contributed by atoms with Gasteiger partial charge in [-0.3, -0.25) is 19.9 Å². The van der Waals surface area contributed by atoms with Gasteiger partial charge in [-0.25, -0.2) is 9.97 Å². The van der Waals surface area contributed by atoms with Crippen LogP contribution >= 0.6 is 11.3 Å². The van der Waals surface area contributed by atoms with Gasteiger partial charge in [0, 0.05) is 29.3 Å². The van der Waals surface area contributed by atoms with Crippen LogP contribution in [0.2, 0.25) is 0 Å². The maximum Gasteiger partial charge on any atom is 0.224 e. The highest BCUT2D eigenvalue weighted by Crippen LogP contribution is 2.33. The van der Waals surface area contributed by atoms with Crippen molar-refractivity contribution in [2.45, 2.75) is 33.1 Å². The highest BCUT2D eigenvalue weighted by atomic mass is 32.1. The van der Waals surface area contributed by atoms with E-state index in [0.717, 1.165) is 51.2 Å². The smallest absolute Gasteiger partial charge is 0.224 e. The second-order valence-electron chi connectivity index (χ2n) is 8.83. The van der Waals surface area contributed by atoms with E-state index in [4.69, 9.17) is 9.97 Å². The summed E-state index contributed by atoms with van der Waals surface area (Å²) in [6, 6.07) is 11.8. The lowest BCUT2D eigenvalue weighted by Gasteiger charge is -2.07. The van der Waals surface area contributed by atoms with Gasteiger partial charge in [0.05, 0.1) is 33.5 Å². The van der Waals surface area contributed by atoms with Gasteiger partial charge in [0.2, 0.25) is 5.91 Å².